The van der Waals surface area contributed by atoms with Crippen molar-refractivity contribution in [3.05, 3.63) is 48.6 Å². The summed E-state index contributed by atoms with van der Waals surface area (Å²) in [6.45, 7) is 4.11. The van der Waals surface area contributed by atoms with Crippen LogP contribution in [0.15, 0.2) is 48.6 Å². The molecule has 0 aromatic rings. The van der Waals surface area contributed by atoms with Gasteiger partial charge in [-0.1, -0.05) is 184 Å². The number of unbranched alkanes of at least 4 members (excludes halogenated alkanes) is 20. The summed E-state index contributed by atoms with van der Waals surface area (Å²) in [6, 6.07) is 0. The van der Waals surface area contributed by atoms with Crippen LogP contribution in [0.25, 0.3) is 0 Å². The van der Waals surface area contributed by atoms with Crippen molar-refractivity contribution in [1.29, 1.82) is 0 Å². The van der Waals surface area contributed by atoms with Gasteiger partial charge in [-0.05, 0) is 44.9 Å². The monoisotopic (exact) mass is 703 g/mol. The van der Waals surface area contributed by atoms with E-state index in [1.807, 2.05) is 18.2 Å². The van der Waals surface area contributed by atoms with Crippen molar-refractivity contribution in [2.45, 2.75) is 206 Å². The van der Waals surface area contributed by atoms with Crippen molar-refractivity contribution >= 4 is 11.9 Å². The van der Waals surface area contributed by atoms with Crippen molar-refractivity contribution in [3.8, 4) is 0 Å². The van der Waals surface area contributed by atoms with Gasteiger partial charge in [0.1, 0.15) is 19.3 Å². The fraction of sp³-hybridized carbons (Fsp3) is 0.773. The summed E-state index contributed by atoms with van der Waals surface area (Å²) in [7, 11) is 0. The highest BCUT2D eigenvalue weighted by molar-refractivity contribution is 5.69. The Morgan fingerprint density at radius 1 is 0.500 bits per heavy atom. The SMILES string of the molecule is CCCCC/C=C\C/C=C\C/C=C\C=C\[C@@H](O)CCCC(=O)OC[C@H](O)COC(=O)CCCCCCCCCCCCCCCCCCCC. The maximum atomic E-state index is 12.0. The van der Waals surface area contributed by atoms with E-state index in [0.717, 1.165) is 38.5 Å². The molecule has 290 valence electrons. The molecule has 0 amide bonds. The van der Waals surface area contributed by atoms with Gasteiger partial charge in [-0.25, -0.2) is 0 Å². The van der Waals surface area contributed by atoms with Crippen molar-refractivity contribution in [2.75, 3.05) is 13.2 Å². The highest BCUT2D eigenvalue weighted by Gasteiger charge is 2.12. The molecule has 0 saturated heterocycles. The third-order valence-electron chi connectivity index (χ3n) is 8.92. The van der Waals surface area contributed by atoms with Crippen LogP contribution in [-0.4, -0.2) is 47.6 Å². The predicted octanol–water partition coefficient (Wildman–Crippen LogP) is 12.0. The van der Waals surface area contributed by atoms with Crippen LogP contribution in [0.2, 0.25) is 0 Å². The second-order valence-electron chi connectivity index (χ2n) is 14.0. The summed E-state index contributed by atoms with van der Waals surface area (Å²) in [5.74, 6) is -0.756. The van der Waals surface area contributed by atoms with Gasteiger partial charge < -0.3 is 19.7 Å². The van der Waals surface area contributed by atoms with Gasteiger partial charge in [-0.3, -0.25) is 9.59 Å². The molecule has 0 fully saturated rings. The molecule has 0 bridgehead atoms. The molecule has 0 heterocycles. The fourth-order valence-corrected chi connectivity index (χ4v) is 5.72. The number of carbonyl (C=O) groups is 2. The standard InChI is InChI=1S/C44H78O6/c1-3-5-7-9-11-13-15-17-18-19-20-21-23-25-27-29-31-33-37-43(47)49-39-42(46)40-50-44(48)38-34-36-41(45)35-32-30-28-26-24-22-16-14-12-10-8-6-4-2/h12,14,22,24,28,30,32,35,41-42,45-46H,3-11,13,15-21,23,25-27,29,31,33-34,36-40H2,1-2H3/b14-12-,24-22-,30-28-,35-32+/t41-,42-/m1/s1. The Balaban J connectivity index is 3.59. The first-order valence-electron chi connectivity index (χ1n) is 20.8. The van der Waals surface area contributed by atoms with E-state index < -0.39 is 18.2 Å². The molecular weight excluding hydrogens is 624 g/mol. The summed E-state index contributed by atoms with van der Waals surface area (Å²) in [5.41, 5.74) is 0. The van der Waals surface area contributed by atoms with E-state index in [9.17, 15) is 19.8 Å². The molecule has 0 radical (unpaired) electrons. The first kappa shape index (κ1) is 47.8. The minimum Gasteiger partial charge on any atom is -0.463 e. The van der Waals surface area contributed by atoms with Crippen LogP contribution < -0.4 is 0 Å². The lowest BCUT2D eigenvalue weighted by atomic mass is 10.0. The highest BCUT2D eigenvalue weighted by Crippen LogP contribution is 2.15. The first-order valence-corrected chi connectivity index (χ1v) is 20.8. The van der Waals surface area contributed by atoms with Crippen LogP contribution in [0.1, 0.15) is 194 Å². The quantitative estimate of drug-likeness (QED) is 0.0290. The largest absolute Gasteiger partial charge is 0.463 e. The van der Waals surface area contributed by atoms with E-state index in [1.165, 1.54) is 116 Å². The molecule has 0 unspecified atom stereocenters. The number of aliphatic hydroxyl groups excluding tert-OH is 2. The normalized spacial score (nSPS) is 13.3. The van der Waals surface area contributed by atoms with Gasteiger partial charge in [0.25, 0.3) is 0 Å². The lowest BCUT2D eigenvalue weighted by molar-refractivity contribution is -0.152. The number of aliphatic hydroxyl groups is 2. The van der Waals surface area contributed by atoms with E-state index in [4.69, 9.17) is 9.47 Å². The molecule has 6 heteroatoms. The van der Waals surface area contributed by atoms with Crippen molar-refractivity contribution in [1.82, 2.24) is 0 Å². The maximum absolute atomic E-state index is 12.0. The Labute approximate surface area is 308 Å². The number of esters is 2. The van der Waals surface area contributed by atoms with Gasteiger partial charge in [0.2, 0.25) is 0 Å². The van der Waals surface area contributed by atoms with E-state index in [2.05, 4.69) is 38.2 Å². The van der Waals surface area contributed by atoms with Crippen LogP contribution in [-0.2, 0) is 19.1 Å². The van der Waals surface area contributed by atoms with E-state index >= 15 is 0 Å². The average Bonchev–Trinajstić information content (AvgIpc) is 3.11. The molecule has 0 aromatic carbocycles. The molecule has 0 aliphatic carbocycles. The summed E-state index contributed by atoms with van der Waals surface area (Å²) in [6.07, 6.45) is 46.3. The van der Waals surface area contributed by atoms with Gasteiger partial charge in [0, 0.05) is 12.8 Å². The first-order chi connectivity index (χ1) is 24.5. The number of rotatable bonds is 37. The molecular formula is C44H78O6. The van der Waals surface area contributed by atoms with Crippen molar-refractivity contribution < 1.29 is 29.3 Å². The van der Waals surface area contributed by atoms with Crippen LogP contribution in [0.4, 0.5) is 0 Å². The smallest absolute Gasteiger partial charge is 0.305 e. The van der Waals surface area contributed by atoms with Crippen molar-refractivity contribution in [3.63, 3.8) is 0 Å². The molecule has 0 aromatic heterocycles. The molecule has 2 N–H and O–H groups in total. The number of hydrogen-bond acceptors (Lipinski definition) is 6. The molecule has 0 spiro atoms. The summed E-state index contributed by atoms with van der Waals surface area (Å²) >= 11 is 0. The summed E-state index contributed by atoms with van der Waals surface area (Å²) in [5, 5.41) is 20.1. The zero-order valence-electron chi connectivity index (χ0n) is 32.5. The fourth-order valence-electron chi connectivity index (χ4n) is 5.72. The number of hydrogen-bond donors (Lipinski definition) is 2. The Bertz CT molecular complexity index is 861. The Hall–Kier alpha value is -2.18. The highest BCUT2D eigenvalue weighted by atomic mass is 16.6. The van der Waals surface area contributed by atoms with Gasteiger partial charge >= 0.3 is 11.9 Å². The van der Waals surface area contributed by atoms with Crippen LogP contribution in [0.3, 0.4) is 0 Å². The summed E-state index contributed by atoms with van der Waals surface area (Å²) < 4.78 is 10.2. The zero-order valence-corrected chi connectivity index (χ0v) is 32.5. The number of carbonyl (C=O) groups excluding carboxylic acids is 2. The summed E-state index contributed by atoms with van der Waals surface area (Å²) in [4.78, 5) is 24.0. The lowest BCUT2D eigenvalue weighted by Crippen LogP contribution is -2.25. The minimum absolute atomic E-state index is 0.157. The Kier molecular flexibility index (Phi) is 37.9. The Morgan fingerprint density at radius 3 is 1.44 bits per heavy atom. The second-order valence-corrected chi connectivity index (χ2v) is 14.0. The van der Waals surface area contributed by atoms with E-state index in [1.54, 1.807) is 6.08 Å². The Morgan fingerprint density at radius 2 is 0.920 bits per heavy atom. The molecule has 6 nitrogen and oxygen atoms in total. The van der Waals surface area contributed by atoms with Gasteiger partial charge in [0.15, 0.2) is 0 Å². The molecule has 0 aliphatic heterocycles. The minimum atomic E-state index is -1.04. The third kappa shape index (κ3) is 38.6. The van der Waals surface area contributed by atoms with Crippen LogP contribution in [0, 0.1) is 0 Å². The molecule has 0 rings (SSSR count). The van der Waals surface area contributed by atoms with Gasteiger partial charge in [-0.2, -0.15) is 0 Å². The molecule has 50 heavy (non-hydrogen) atoms. The van der Waals surface area contributed by atoms with Gasteiger partial charge in [0.05, 0.1) is 6.10 Å². The third-order valence-corrected chi connectivity index (χ3v) is 8.92. The molecule has 0 aliphatic rings. The van der Waals surface area contributed by atoms with E-state index in [-0.39, 0.29) is 25.6 Å². The second kappa shape index (κ2) is 39.6. The molecule has 0 saturated carbocycles. The number of ether oxygens (including phenoxy) is 2. The van der Waals surface area contributed by atoms with E-state index in [0.29, 0.717) is 19.3 Å². The van der Waals surface area contributed by atoms with Gasteiger partial charge in [-0.15, -0.1) is 0 Å². The lowest BCUT2D eigenvalue weighted by Gasteiger charge is -2.12. The average molecular weight is 703 g/mol. The maximum Gasteiger partial charge on any atom is 0.305 e. The number of allylic oxidation sites excluding steroid dienone is 7. The predicted molar refractivity (Wildman–Crippen MR) is 211 cm³/mol. The topological polar surface area (TPSA) is 93.1 Å². The zero-order chi connectivity index (χ0) is 36.6. The molecule has 2 atom stereocenters. The van der Waals surface area contributed by atoms with Crippen molar-refractivity contribution in [2.24, 2.45) is 0 Å². The van der Waals surface area contributed by atoms with Crippen LogP contribution >= 0.6 is 0 Å². The van der Waals surface area contributed by atoms with Crippen LogP contribution in [0.5, 0.6) is 0 Å².